The number of rotatable bonds is 5. The molecule has 1 heterocycles. The molecule has 0 aromatic rings. The molecular formula is C11H23NO2. The van der Waals surface area contributed by atoms with Gasteiger partial charge in [-0.15, -0.1) is 0 Å². The fourth-order valence-corrected chi connectivity index (χ4v) is 2.33. The average molecular weight is 201 g/mol. The quantitative estimate of drug-likeness (QED) is 0.676. The van der Waals surface area contributed by atoms with Gasteiger partial charge in [0.15, 0.2) is 0 Å². The third kappa shape index (κ3) is 2.47. The van der Waals surface area contributed by atoms with Crippen molar-refractivity contribution >= 4 is 0 Å². The average Bonchev–Trinajstić information content (AvgIpc) is 2.42. The Morgan fingerprint density at radius 2 is 2.21 bits per heavy atom. The summed E-state index contributed by atoms with van der Waals surface area (Å²) in [5.74, 6) is 0.435. The van der Waals surface area contributed by atoms with Gasteiger partial charge < -0.3 is 9.84 Å². The Kier molecular flexibility index (Phi) is 4.35. The van der Waals surface area contributed by atoms with Crippen LogP contribution in [0.25, 0.3) is 0 Å². The van der Waals surface area contributed by atoms with Crippen molar-refractivity contribution in [1.29, 1.82) is 0 Å². The van der Waals surface area contributed by atoms with E-state index in [1.54, 1.807) is 7.11 Å². The Balaban J connectivity index is 2.39. The number of hydrogen-bond acceptors (Lipinski definition) is 3. The number of aliphatic hydroxyl groups is 1. The molecule has 1 saturated heterocycles. The van der Waals surface area contributed by atoms with Crippen molar-refractivity contribution in [2.75, 3.05) is 33.4 Å². The van der Waals surface area contributed by atoms with Crippen LogP contribution < -0.4 is 0 Å². The summed E-state index contributed by atoms with van der Waals surface area (Å²) in [6.07, 6.45) is 2.20. The van der Waals surface area contributed by atoms with Gasteiger partial charge in [-0.1, -0.05) is 0 Å². The van der Waals surface area contributed by atoms with Crippen LogP contribution >= 0.6 is 0 Å². The first-order chi connectivity index (χ1) is 6.62. The van der Waals surface area contributed by atoms with Crippen LogP contribution in [0.1, 0.15) is 26.7 Å². The fourth-order valence-electron chi connectivity index (χ4n) is 2.33. The number of ether oxygens (including phenoxy) is 1. The molecule has 3 nitrogen and oxygen atoms in total. The summed E-state index contributed by atoms with van der Waals surface area (Å²) < 4.78 is 5.05. The number of methoxy groups -OCH3 is 1. The summed E-state index contributed by atoms with van der Waals surface area (Å²) in [4.78, 5) is 2.47. The minimum absolute atomic E-state index is 0.155. The highest BCUT2D eigenvalue weighted by Crippen LogP contribution is 2.33. The van der Waals surface area contributed by atoms with Gasteiger partial charge in [-0.25, -0.2) is 0 Å². The molecule has 1 rings (SSSR count). The van der Waals surface area contributed by atoms with Crippen LogP contribution in [0.15, 0.2) is 0 Å². The molecule has 1 aliphatic heterocycles. The summed E-state index contributed by atoms with van der Waals surface area (Å²) >= 11 is 0. The van der Waals surface area contributed by atoms with Gasteiger partial charge in [0.05, 0.1) is 0 Å². The number of hydrogen-bond donors (Lipinski definition) is 1. The van der Waals surface area contributed by atoms with Gasteiger partial charge in [-0.2, -0.15) is 0 Å². The van der Waals surface area contributed by atoms with Crippen molar-refractivity contribution in [1.82, 2.24) is 4.90 Å². The zero-order valence-electron chi connectivity index (χ0n) is 9.62. The van der Waals surface area contributed by atoms with E-state index in [0.29, 0.717) is 12.5 Å². The maximum atomic E-state index is 9.24. The van der Waals surface area contributed by atoms with Gasteiger partial charge >= 0.3 is 0 Å². The standard InChI is InChI=1S/C11H23NO2/c1-11(2)10(9-13)5-7-12(11)6-4-8-14-3/h10,13H,4-9H2,1-3H3. The monoisotopic (exact) mass is 201 g/mol. The van der Waals surface area contributed by atoms with Crippen LogP contribution in [-0.2, 0) is 4.74 Å². The first-order valence-electron chi connectivity index (χ1n) is 5.47. The van der Waals surface area contributed by atoms with E-state index in [-0.39, 0.29) is 5.54 Å². The van der Waals surface area contributed by atoms with Crippen molar-refractivity contribution < 1.29 is 9.84 Å². The molecule has 0 spiro atoms. The maximum Gasteiger partial charge on any atom is 0.0477 e. The minimum Gasteiger partial charge on any atom is -0.396 e. The lowest BCUT2D eigenvalue weighted by Gasteiger charge is -2.35. The van der Waals surface area contributed by atoms with Gasteiger partial charge in [0.1, 0.15) is 0 Å². The highest BCUT2D eigenvalue weighted by molar-refractivity contribution is 4.94. The fraction of sp³-hybridized carbons (Fsp3) is 1.00. The molecule has 1 aliphatic rings. The molecule has 1 atom stereocenters. The molecular weight excluding hydrogens is 178 g/mol. The highest BCUT2D eigenvalue weighted by atomic mass is 16.5. The van der Waals surface area contributed by atoms with E-state index in [4.69, 9.17) is 4.74 Å². The lowest BCUT2D eigenvalue weighted by molar-refractivity contribution is 0.0896. The van der Waals surface area contributed by atoms with E-state index in [9.17, 15) is 5.11 Å². The van der Waals surface area contributed by atoms with Crippen LogP contribution in [-0.4, -0.2) is 49.0 Å². The Morgan fingerprint density at radius 1 is 1.50 bits per heavy atom. The summed E-state index contributed by atoms with van der Waals surface area (Å²) in [6.45, 7) is 7.80. The Labute approximate surface area is 87.1 Å². The molecule has 14 heavy (non-hydrogen) atoms. The van der Waals surface area contributed by atoms with E-state index >= 15 is 0 Å². The second-order valence-electron chi connectivity index (χ2n) is 4.66. The van der Waals surface area contributed by atoms with Crippen LogP contribution in [0.5, 0.6) is 0 Å². The molecule has 3 heteroatoms. The second kappa shape index (κ2) is 5.10. The predicted molar refractivity (Wildman–Crippen MR) is 57.3 cm³/mol. The lowest BCUT2D eigenvalue weighted by Crippen LogP contribution is -2.44. The first-order valence-corrected chi connectivity index (χ1v) is 5.47. The lowest BCUT2D eigenvalue weighted by atomic mass is 9.89. The molecule has 0 saturated carbocycles. The van der Waals surface area contributed by atoms with Crippen molar-refractivity contribution in [3.8, 4) is 0 Å². The third-order valence-corrected chi connectivity index (χ3v) is 3.56. The minimum atomic E-state index is 0.155. The van der Waals surface area contributed by atoms with Crippen LogP contribution in [0.4, 0.5) is 0 Å². The van der Waals surface area contributed by atoms with Gasteiger partial charge in [0.2, 0.25) is 0 Å². The Bertz CT molecular complexity index is 171. The van der Waals surface area contributed by atoms with Crippen molar-refractivity contribution in [3.05, 3.63) is 0 Å². The van der Waals surface area contributed by atoms with E-state index in [2.05, 4.69) is 18.7 Å². The molecule has 0 aromatic heterocycles. The summed E-state index contributed by atoms with van der Waals surface area (Å²) in [5, 5.41) is 9.24. The predicted octanol–water partition coefficient (Wildman–Crippen LogP) is 1.12. The Hall–Kier alpha value is -0.120. The second-order valence-corrected chi connectivity index (χ2v) is 4.66. The summed E-state index contributed by atoms with van der Waals surface area (Å²) in [6, 6.07) is 0. The highest BCUT2D eigenvalue weighted by Gasteiger charge is 2.39. The topological polar surface area (TPSA) is 32.7 Å². The molecule has 0 bridgehead atoms. The summed E-state index contributed by atoms with van der Waals surface area (Å²) in [5.41, 5.74) is 0.155. The van der Waals surface area contributed by atoms with Crippen LogP contribution in [0.3, 0.4) is 0 Å². The molecule has 0 aliphatic carbocycles. The zero-order valence-corrected chi connectivity index (χ0v) is 9.62. The smallest absolute Gasteiger partial charge is 0.0477 e. The molecule has 0 amide bonds. The number of likely N-dealkylation sites (tertiary alicyclic amines) is 1. The van der Waals surface area contributed by atoms with Crippen LogP contribution in [0, 0.1) is 5.92 Å². The van der Waals surface area contributed by atoms with Crippen molar-refractivity contribution in [3.63, 3.8) is 0 Å². The first kappa shape index (κ1) is 12.0. The van der Waals surface area contributed by atoms with Gasteiger partial charge in [-0.3, -0.25) is 4.90 Å². The van der Waals surface area contributed by atoms with E-state index in [0.717, 1.165) is 32.5 Å². The van der Waals surface area contributed by atoms with Crippen LogP contribution in [0.2, 0.25) is 0 Å². The third-order valence-electron chi connectivity index (χ3n) is 3.56. The van der Waals surface area contributed by atoms with Crippen molar-refractivity contribution in [2.24, 2.45) is 5.92 Å². The van der Waals surface area contributed by atoms with Gasteiger partial charge in [0.25, 0.3) is 0 Å². The normalized spacial score (nSPS) is 27.0. The molecule has 84 valence electrons. The maximum absolute atomic E-state index is 9.24. The van der Waals surface area contributed by atoms with E-state index in [1.807, 2.05) is 0 Å². The molecule has 1 N–H and O–H groups in total. The molecule has 1 unspecified atom stereocenters. The van der Waals surface area contributed by atoms with Gasteiger partial charge in [-0.05, 0) is 33.2 Å². The molecule has 0 aromatic carbocycles. The SMILES string of the molecule is COCCCN1CCC(CO)C1(C)C. The van der Waals surface area contributed by atoms with E-state index in [1.165, 1.54) is 0 Å². The molecule has 1 fully saturated rings. The van der Waals surface area contributed by atoms with Crippen molar-refractivity contribution in [2.45, 2.75) is 32.2 Å². The number of aliphatic hydroxyl groups excluding tert-OH is 1. The van der Waals surface area contributed by atoms with E-state index < -0.39 is 0 Å². The van der Waals surface area contributed by atoms with Gasteiger partial charge in [0, 0.05) is 38.3 Å². The zero-order chi connectivity index (χ0) is 10.6. The summed E-state index contributed by atoms with van der Waals surface area (Å²) in [7, 11) is 1.74. The largest absolute Gasteiger partial charge is 0.396 e. The number of nitrogens with zero attached hydrogens (tertiary/aromatic N) is 1. The molecule has 0 radical (unpaired) electrons. The Morgan fingerprint density at radius 3 is 2.71 bits per heavy atom.